The van der Waals surface area contributed by atoms with Gasteiger partial charge in [0.05, 0.1) is 24.9 Å². The van der Waals surface area contributed by atoms with E-state index < -0.39 is 23.6 Å². The average Bonchev–Trinajstić information content (AvgIpc) is 3.09. The van der Waals surface area contributed by atoms with E-state index in [1.807, 2.05) is 0 Å². The molecule has 0 unspecified atom stereocenters. The van der Waals surface area contributed by atoms with Crippen molar-refractivity contribution in [2.24, 2.45) is 0 Å². The first-order valence-corrected chi connectivity index (χ1v) is 7.27. The van der Waals surface area contributed by atoms with Crippen LogP contribution in [0.25, 0.3) is 6.08 Å². The molecule has 5 nitrogen and oxygen atoms in total. The molecule has 0 aliphatic heterocycles. The molecule has 2 aromatic rings. The van der Waals surface area contributed by atoms with Gasteiger partial charge >= 0.3 is 6.18 Å². The van der Waals surface area contributed by atoms with Crippen LogP contribution in [0.15, 0.2) is 53.2 Å². The van der Waals surface area contributed by atoms with Crippen molar-refractivity contribution in [3.8, 4) is 0 Å². The van der Waals surface area contributed by atoms with E-state index in [1.165, 1.54) is 24.5 Å². The summed E-state index contributed by atoms with van der Waals surface area (Å²) in [6.07, 6.45) is -0.666. The minimum Gasteiger partial charge on any atom is -0.467 e. The Hall–Kier alpha value is -3.03. The first-order chi connectivity index (χ1) is 11.8. The predicted molar refractivity (Wildman–Crippen MR) is 84.0 cm³/mol. The predicted octanol–water partition coefficient (Wildman–Crippen LogP) is 2.74. The molecule has 0 spiro atoms. The number of rotatable bonds is 6. The third-order valence-corrected chi connectivity index (χ3v) is 3.10. The maximum Gasteiger partial charge on any atom is 0.416 e. The van der Waals surface area contributed by atoms with E-state index in [2.05, 4.69) is 10.6 Å². The molecule has 132 valence electrons. The molecule has 1 aromatic heterocycles. The lowest BCUT2D eigenvalue weighted by Gasteiger charge is -2.06. The van der Waals surface area contributed by atoms with Crippen molar-refractivity contribution in [2.75, 3.05) is 6.54 Å². The van der Waals surface area contributed by atoms with Gasteiger partial charge in [-0.15, -0.1) is 0 Å². The fourth-order valence-electron chi connectivity index (χ4n) is 1.88. The standard InChI is InChI=1S/C17H15F3N2O3/c18-17(19,20)13-4-1-3-12(9-13)6-7-15(23)22-11-16(24)21-10-14-5-2-8-25-14/h1-9H,10-11H2,(H,21,24)(H,22,23)/b7-6+. The number of hydrogen-bond donors (Lipinski definition) is 2. The lowest BCUT2D eigenvalue weighted by Crippen LogP contribution is -2.35. The van der Waals surface area contributed by atoms with Crippen LogP contribution in [0.2, 0.25) is 0 Å². The van der Waals surface area contributed by atoms with Gasteiger partial charge in [0, 0.05) is 6.08 Å². The highest BCUT2D eigenvalue weighted by Crippen LogP contribution is 2.29. The summed E-state index contributed by atoms with van der Waals surface area (Å²) in [6.45, 7) is -0.0613. The Kier molecular flexibility index (Phi) is 5.99. The van der Waals surface area contributed by atoms with Crippen LogP contribution in [-0.4, -0.2) is 18.4 Å². The number of benzene rings is 1. The second kappa shape index (κ2) is 8.18. The van der Waals surface area contributed by atoms with Crippen LogP contribution in [0.3, 0.4) is 0 Å². The van der Waals surface area contributed by atoms with E-state index in [0.29, 0.717) is 5.76 Å². The van der Waals surface area contributed by atoms with E-state index in [0.717, 1.165) is 18.2 Å². The molecule has 0 fully saturated rings. The number of amides is 2. The summed E-state index contributed by atoms with van der Waals surface area (Å²) < 4.78 is 42.8. The lowest BCUT2D eigenvalue weighted by atomic mass is 10.1. The van der Waals surface area contributed by atoms with Crippen molar-refractivity contribution in [3.05, 3.63) is 65.6 Å². The molecule has 0 aliphatic rings. The summed E-state index contributed by atoms with van der Waals surface area (Å²) in [5, 5.41) is 4.88. The summed E-state index contributed by atoms with van der Waals surface area (Å²) >= 11 is 0. The number of nitrogens with one attached hydrogen (secondary N) is 2. The first kappa shape index (κ1) is 18.3. The maximum atomic E-state index is 12.6. The molecule has 25 heavy (non-hydrogen) atoms. The zero-order chi connectivity index (χ0) is 18.3. The molecule has 0 saturated heterocycles. The largest absolute Gasteiger partial charge is 0.467 e. The summed E-state index contributed by atoms with van der Waals surface area (Å²) in [6, 6.07) is 7.94. The average molecular weight is 352 g/mol. The molecule has 0 aliphatic carbocycles. The number of alkyl halides is 3. The molecular weight excluding hydrogens is 337 g/mol. The van der Waals surface area contributed by atoms with Crippen LogP contribution in [0.1, 0.15) is 16.9 Å². The Bertz CT molecular complexity index is 753. The fourth-order valence-corrected chi connectivity index (χ4v) is 1.88. The smallest absolute Gasteiger partial charge is 0.416 e. The number of hydrogen-bond acceptors (Lipinski definition) is 3. The molecule has 1 heterocycles. The first-order valence-electron chi connectivity index (χ1n) is 7.27. The molecule has 8 heteroatoms. The van der Waals surface area contributed by atoms with Gasteiger partial charge in [0.2, 0.25) is 11.8 Å². The SMILES string of the molecule is O=C(/C=C/c1cccc(C(F)(F)F)c1)NCC(=O)NCc1ccco1. The van der Waals surface area contributed by atoms with Crippen LogP contribution in [0, 0.1) is 0 Å². The van der Waals surface area contributed by atoms with Gasteiger partial charge in [-0.3, -0.25) is 9.59 Å². The Morgan fingerprint density at radius 2 is 1.92 bits per heavy atom. The minimum atomic E-state index is -4.45. The van der Waals surface area contributed by atoms with Gasteiger partial charge < -0.3 is 15.1 Å². The third-order valence-electron chi connectivity index (χ3n) is 3.10. The van der Waals surface area contributed by atoms with Gasteiger partial charge in [0.1, 0.15) is 5.76 Å². The van der Waals surface area contributed by atoms with Crippen molar-refractivity contribution < 1.29 is 27.2 Å². The normalized spacial score (nSPS) is 11.5. The summed E-state index contributed by atoms with van der Waals surface area (Å²) in [5.41, 5.74) is -0.570. The molecule has 2 rings (SSSR count). The highest BCUT2D eigenvalue weighted by Gasteiger charge is 2.30. The topological polar surface area (TPSA) is 71.3 Å². The van der Waals surface area contributed by atoms with Crippen molar-refractivity contribution in [2.45, 2.75) is 12.7 Å². The fraction of sp³-hybridized carbons (Fsp3) is 0.176. The second-order valence-corrected chi connectivity index (χ2v) is 5.03. The lowest BCUT2D eigenvalue weighted by molar-refractivity contribution is -0.137. The summed E-state index contributed by atoms with van der Waals surface area (Å²) in [4.78, 5) is 23.2. The van der Waals surface area contributed by atoms with Crippen molar-refractivity contribution in [1.29, 1.82) is 0 Å². The monoisotopic (exact) mass is 352 g/mol. The van der Waals surface area contributed by atoms with Crippen LogP contribution in [-0.2, 0) is 22.3 Å². The molecule has 0 bridgehead atoms. The number of carbonyl (C=O) groups excluding carboxylic acids is 2. The Morgan fingerprint density at radius 1 is 1.12 bits per heavy atom. The third kappa shape index (κ3) is 6.17. The van der Waals surface area contributed by atoms with Gasteiger partial charge in [-0.25, -0.2) is 0 Å². The van der Waals surface area contributed by atoms with E-state index in [4.69, 9.17) is 4.42 Å². The Labute approximate surface area is 141 Å². The molecule has 0 atom stereocenters. The quantitative estimate of drug-likeness (QED) is 0.786. The highest BCUT2D eigenvalue weighted by atomic mass is 19.4. The van der Waals surface area contributed by atoms with E-state index in [-0.39, 0.29) is 18.7 Å². The van der Waals surface area contributed by atoms with E-state index in [9.17, 15) is 22.8 Å². The van der Waals surface area contributed by atoms with Gasteiger partial charge in [-0.2, -0.15) is 13.2 Å². The zero-order valence-corrected chi connectivity index (χ0v) is 13.0. The Balaban J connectivity index is 1.79. The highest BCUT2D eigenvalue weighted by molar-refractivity contribution is 5.94. The maximum absolute atomic E-state index is 12.6. The number of carbonyl (C=O) groups is 2. The van der Waals surface area contributed by atoms with Gasteiger partial charge in [0.15, 0.2) is 0 Å². The minimum absolute atomic E-state index is 0.196. The second-order valence-electron chi connectivity index (χ2n) is 5.03. The molecular formula is C17H15F3N2O3. The number of furan rings is 1. The van der Waals surface area contributed by atoms with Crippen molar-refractivity contribution in [1.82, 2.24) is 10.6 Å². The number of halogens is 3. The van der Waals surface area contributed by atoms with Crippen molar-refractivity contribution in [3.63, 3.8) is 0 Å². The molecule has 0 saturated carbocycles. The van der Waals surface area contributed by atoms with Gasteiger partial charge in [0.25, 0.3) is 0 Å². The summed E-state index contributed by atoms with van der Waals surface area (Å²) in [5.74, 6) is -0.438. The van der Waals surface area contributed by atoms with Crippen LogP contribution < -0.4 is 10.6 Å². The van der Waals surface area contributed by atoms with Crippen LogP contribution in [0.5, 0.6) is 0 Å². The molecule has 0 radical (unpaired) electrons. The van der Waals surface area contributed by atoms with E-state index >= 15 is 0 Å². The van der Waals surface area contributed by atoms with E-state index in [1.54, 1.807) is 12.1 Å². The summed E-state index contributed by atoms with van der Waals surface area (Å²) in [7, 11) is 0. The Morgan fingerprint density at radius 3 is 2.60 bits per heavy atom. The van der Waals surface area contributed by atoms with Crippen LogP contribution in [0.4, 0.5) is 13.2 Å². The molecule has 1 aromatic carbocycles. The van der Waals surface area contributed by atoms with Gasteiger partial charge in [-0.05, 0) is 35.9 Å². The van der Waals surface area contributed by atoms with Gasteiger partial charge in [-0.1, -0.05) is 12.1 Å². The zero-order valence-electron chi connectivity index (χ0n) is 13.0. The van der Waals surface area contributed by atoms with Crippen molar-refractivity contribution >= 4 is 17.9 Å². The molecule has 2 amide bonds. The molecule has 2 N–H and O–H groups in total. The van der Waals surface area contributed by atoms with Crippen LogP contribution >= 0.6 is 0 Å².